The molecular weight excluding hydrogens is 230 g/mol. The molecule has 1 heterocycles. The fourth-order valence-corrected chi connectivity index (χ4v) is 1.64. The topological polar surface area (TPSA) is 105 Å². The molecule has 88 valence electrons. The van der Waals surface area contributed by atoms with E-state index in [-0.39, 0.29) is 18.9 Å². The van der Waals surface area contributed by atoms with Gasteiger partial charge in [0, 0.05) is 5.38 Å². The molecule has 7 heteroatoms. The van der Waals surface area contributed by atoms with Crippen molar-refractivity contribution >= 4 is 23.2 Å². The van der Waals surface area contributed by atoms with Crippen molar-refractivity contribution in [2.24, 2.45) is 5.73 Å². The predicted molar refractivity (Wildman–Crippen MR) is 58.8 cm³/mol. The summed E-state index contributed by atoms with van der Waals surface area (Å²) in [5.74, 6) is -1.16. The largest absolute Gasteiger partial charge is 0.381 e. The van der Waals surface area contributed by atoms with Crippen molar-refractivity contribution in [1.82, 2.24) is 10.3 Å². The van der Waals surface area contributed by atoms with Crippen molar-refractivity contribution in [3.8, 4) is 0 Å². The lowest BCUT2D eigenvalue weighted by Gasteiger charge is -2.07. The molecule has 0 fully saturated rings. The van der Waals surface area contributed by atoms with E-state index in [0.29, 0.717) is 5.69 Å². The van der Waals surface area contributed by atoms with Gasteiger partial charge in [-0.2, -0.15) is 0 Å². The second kappa shape index (κ2) is 5.57. The van der Waals surface area contributed by atoms with Gasteiger partial charge >= 0.3 is 0 Å². The minimum absolute atomic E-state index is 0.135. The van der Waals surface area contributed by atoms with E-state index in [4.69, 9.17) is 10.8 Å². The molecule has 0 saturated carbocycles. The Hall–Kier alpha value is -1.47. The van der Waals surface area contributed by atoms with Crippen LogP contribution in [0.4, 0.5) is 0 Å². The van der Waals surface area contributed by atoms with E-state index in [1.165, 1.54) is 11.3 Å². The zero-order chi connectivity index (χ0) is 12.1. The molecule has 0 saturated heterocycles. The molecule has 1 unspecified atom stereocenters. The van der Waals surface area contributed by atoms with E-state index in [2.05, 4.69) is 10.3 Å². The number of aliphatic hydroxyl groups is 1. The summed E-state index contributed by atoms with van der Waals surface area (Å²) < 4.78 is 0. The summed E-state index contributed by atoms with van der Waals surface area (Å²) in [6.07, 6.45) is -1.21. The molecule has 2 amide bonds. The fourth-order valence-electron chi connectivity index (χ4n) is 1.03. The van der Waals surface area contributed by atoms with E-state index in [1.807, 2.05) is 6.92 Å². The smallest absolute Gasteiger partial charge is 0.248 e. The molecule has 0 bridgehead atoms. The predicted octanol–water partition coefficient (Wildman–Crippen LogP) is -1.04. The number of amides is 2. The Morgan fingerprint density at radius 1 is 1.69 bits per heavy atom. The summed E-state index contributed by atoms with van der Waals surface area (Å²) in [4.78, 5) is 25.9. The van der Waals surface area contributed by atoms with Crippen molar-refractivity contribution in [2.75, 3.05) is 6.54 Å². The molecule has 0 aromatic carbocycles. The highest BCUT2D eigenvalue weighted by Gasteiger charge is 2.12. The van der Waals surface area contributed by atoms with Crippen LogP contribution in [0.3, 0.4) is 0 Å². The number of aryl methyl sites for hydroxylation is 1. The third-order valence-corrected chi connectivity index (χ3v) is 2.65. The number of carbonyl (C=O) groups excluding carboxylic acids is 2. The summed E-state index contributed by atoms with van der Waals surface area (Å²) in [5.41, 5.74) is 5.50. The Balaban J connectivity index is 2.34. The van der Waals surface area contributed by atoms with Gasteiger partial charge in [-0.1, -0.05) is 0 Å². The highest BCUT2D eigenvalue weighted by Crippen LogP contribution is 2.07. The van der Waals surface area contributed by atoms with Gasteiger partial charge < -0.3 is 16.2 Å². The molecule has 1 atom stereocenters. The lowest BCUT2D eigenvalue weighted by atomic mass is 10.3. The van der Waals surface area contributed by atoms with E-state index in [0.717, 1.165) is 5.01 Å². The first-order valence-corrected chi connectivity index (χ1v) is 5.52. The van der Waals surface area contributed by atoms with E-state index in [1.54, 1.807) is 5.38 Å². The number of rotatable bonds is 5. The highest BCUT2D eigenvalue weighted by atomic mass is 32.1. The summed E-state index contributed by atoms with van der Waals surface area (Å²) >= 11 is 1.46. The van der Waals surface area contributed by atoms with Crippen molar-refractivity contribution in [3.63, 3.8) is 0 Å². The van der Waals surface area contributed by atoms with Crippen LogP contribution in [0, 0.1) is 6.92 Å². The van der Waals surface area contributed by atoms with Crippen LogP contribution in [0.5, 0.6) is 0 Å². The van der Waals surface area contributed by atoms with Crippen molar-refractivity contribution in [2.45, 2.75) is 19.4 Å². The Bertz CT molecular complexity index is 391. The van der Waals surface area contributed by atoms with Crippen LogP contribution in [0.25, 0.3) is 0 Å². The van der Waals surface area contributed by atoms with Crippen molar-refractivity contribution < 1.29 is 14.7 Å². The molecule has 0 radical (unpaired) electrons. The van der Waals surface area contributed by atoms with Gasteiger partial charge in [0.1, 0.15) is 6.10 Å². The van der Waals surface area contributed by atoms with Gasteiger partial charge in [-0.25, -0.2) is 4.98 Å². The lowest BCUT2D eigenvalue weighted by molar-refractivity contribution is -0.126. The molecule has 1 rings (SSSR count). The van der Waals surface area contributed by atoms with Crippen LogP contribution in [0.2, 0.25) is 0 Å². The normalized spacial score (nSPS) is 12.1. The molecule has 0 aliphatic rings. The number of hydrogen-bond donors (Lipinski definition) is 3. The summed E-state index contributed by atoms with van der Waals surface area (Å²) in [6, 6.07) is 0. The summed E-state index contributed by atoms with van der Waals surface area (Å²) in [5, 5.41) is 14.1. The fraction of sp³-hybridized carbons (Fsp3) is 0.444. The maximum atomic E-state index is 11.3. The number of nitrogens with one attached hydrogen (secondary N) is 1. The second-order valence-corrected chi connectivity index (χ2v) is 4.32. The molecular formula is C9H13N3O3S. The quantitative estimate of drug-likeness (QED) is 0.614. The zero-order valence-electron chi connectivity index (χ0n) is 8.77. The maximum Gasteiger partial charge on any atom is 0.248 e. The molecule has 16 heavy (non-hydrogen) atoms. The first kappa shape index (κ1) is 12.6. The third-order valence-electron chi connectivity index (χ3n) is 1.83. The average molecular weight is 243 g/mol. The molecule has 0 aliphatic heterocycles. The number of nitrogens with zero attached hydrogens (tertiary/aromatic N) is 1. The SMILES string of the molecule is Cc1nc(CC(=O)NCC(O)C(N)=O)cs1. The monoisotopic (exact) mass is 243 g/mol. The van der Waals surface area contributed by atoms with Crippen LogP contribution in [0.1, 0.15) is 10.7 Å². The molecule has 4 N–H and O–H groups in total. The van der Waals surface area contributed by atoms with Gasteiger partial charge in [0.25, 0.3) is 0 Å². The number of thiazole rings is 1. The van der Waals surface area contributed by atoms with Gasteiger partial charge in [-0.15, -0.1) is 11.3 Å². The minimum Gasteiger partial charge on any atom is -0.381 e. The van der Waals surface area contributed by atoms with Crippen molar-refractivity contribution in [1.29, 1.82) is 0 Å². The third kappa shape index (κ3) is 3.95. The first-order chi connectivity index (χ1) is 7.49. The molecule has 1 aromatic rings. The van der Waals surface area contributed by atoms with Gasteiger partial charge in [0.15, 0.2) is 0 Å². The standard InChI is InChI=1S/C9H13N3O3S/c1-5-12-6(4-16-5)2-8(14)11-3-7(13)9(10)15/h4,7,13H,2-3H2,1H3,(H2,10,15)(H,11,14). The van der Waals surface area contributed by atoms with Crippen molar-refractivity contribution in [3.05, 3.63) is 16.1 Å². The summed E-state index contributed by atoms with van der Waals surface area (Å²) in [7, 11) is 0. The van der Waals surface area contributed by atoms with Crippen LogP contribution in [0.15, 0.2) is 5.38 Å². The number of aromatic nitrogens is 1. The van der Waals surface area contributed by atoms with Crippen LogP contribution >= 0.6 is 11.3 Å². The number of nitrogens with two attached hydrogens (primary N) is 1. The Kier molecular flexibility index (Phi) is 4.39. The number of aliphatic hydroxyl groups excluding tert-OH is 1. The molecule has 0 aliphatic carbocycles. The van der Waals surface area contributed by atoms with Crippen LogP contribution in [-0.2, 0) is 16.0 Å². The number of hydrogen-bond acceptors (Lipinski definition) is 5. The van der Waals surface area contributed by atoms with Gasteiger partial charge in [-0.05, 0) is 6.92 Å². The maximum absolute atomic E-state index is 11.3. The van der Waals surface area contributed by atoms with Crippen LogP contribution in [-0.4, -0.2) is 34.6 Å². The lowest BCUT2D eigenvalue weighted by Crippen LogP contribution is -2.40. The van der Waals surface area contributed by atoms with Gasteiger partial charge in [-0.3, -0.25) is 9.59 Å². The Morgan fingerprint density at radius 3 is 2.88 bits per heavy atom. The zero-order valence-corrected chi connectivity index (χ0v) is 9.58. The summed E-state index contributed by atoms with van der Waals surface area (Å²) in [6.45, 7) is 1.68. The molecule has 1 aromatic heterocycles. The second-order valence-electron chi connectivity index (χ2n) is 3.26. The van der Waals surface area contributed by atoms with E-state index >= 15 is 0 Å². The Labute approximate surface area is 96.5 Å². The van der Waals surface area contributed by atoms with Crippen LogP contribution < -0.4 is 11.1 Å². The number of primary amides is 1. The van der Waals surface area contributed by atoms with E-state index in [9.17, 15) is 9.59 Å². The number of carbonyl (C=O) groups is 2. The minimum atomic E-state index is -1.35. The Morgan fingerprint density at radius 2 is 2.38 bits per heavy atom. The van der Waals surface area contributed by atoms with Gasteiger partial charge in [0.05, 0.1) is 23.7 Å². The molecule has 6 nitrogen and oxygen atoms in total. The molecule has 0 spiro atoms. The van der Waals surface area contributed by atoms with Gasteiger partial charge in [0.2, 0.25) is 11.8 Å². The first-order valence-electron chi connectivity index (χ1n) is 4.64. The average Bonchev–Trinajstić information content (AvgIpc) is 2.60. The van der Waals surface area contributed by atoms with E-state index < -0.39 is 12.0 Å². The highest BCUT2D eigenvalue weighted by molar-refractivity contribution is 7.09.